The molecule has 1 aromatic carbocycles. The summed E-state index contributed by atoms with van der Waals surface area (Å²) in [6, 6.07) is 7.34. The number of benzene rings is 1. The van der Waals surface area contributed by atoms with E-state index >= 15 is 0 Å². The molecular weight excluding hydrogens is 356 g/mol. The van der Waals surface area contributed by atoms with Crippen LogP contribution in [0.4, 0.5) is 0 Å². The topological polar surface area (TPSA) is 66.5 Å². The molecule has 21 heavy (non-hydrogen) atoms. The smallest absolute Gasteiger partial charge is 0.237 e. The van der Waals surface area contributed by atoms with Gasteiger partial charge in [0.15, 0.2) is 9.84 Å². The van der Waals surface area contributed by atoms with E-state index < -0.39 is 15.6 Å². The Morgan fingerprint density at radius 3 is 2.90 bits per heavy atom. The fraction of sp³-hybridized carbons (Fsp3) is 0.500. The number of carbonyl (C=O) groups excluding carboxylic acids is 1. The van der Waals surface area contributed by atoms with Crippen molar-refractivity contribution in [2.24, 2.45) is 0 Å². The molecule has 116 valence electrons. The van der Waals surface area contributed by atoms with Crippen LogP contribution in [0, 0.1) is 0 Å². The SMILES string of the molecule is C[C@H]1CN(C(=O)CS(=O)(=O)Cc2cccc(Br)c2)CCN1. The van der Waals surface area contributed by atoms with E-state index in [1.165, 1.54) is 0 Å². The zero-order valence-corrected chi connectivity index (χ0v) is 14.3. The van der Waals surface area contributed by atoms with Crippen LogP contribution in [0.3, 0.4) is 0 Å². The van der Waals surface area contributed by atoms with Gasteiger partial charge in [-0.3, -0.25) is 4.79 Å². The van der Waals surface area contributed by atoms with Gasteiger partial charge in [0.2, 0.25) is 5.91 Å². The first kappa shape index (κ1) is 16.5. The first-order chi connectivity index (χ1) is 9.85. The molecule has 1 amide bonds. The number of amides is 1. The highest BCUT2D eigenvalue weighted by Crippen LogP contribution is 2.14. The molecule has 0 saturated carbocycles. The highest BCUT2D eigenvalue weighted by Gasteiger charge is 2.25. The number of carbonyl (C=O) groups is 1. The molecule has 0 radical (unpaired) electrons. The second-order valence-electron chi connectivity index (χ2n) is 5.36. The van der Waals surface area contributed by atoms with Gasteiger partial charge in [0.25, 0.3) is 0 Å². The molecule has 0 aliphatic carbocycles. The monoisotopic (exact) mass is 374 g/mol. The van der Waals surface area contributed by atoms with E-state index in [1.807, 2.05) is 13.0 Å². The summed E-state index contributed by atoms with van der Waals surface area (Å²) in [7, 11) is -3.45. The Labute approximate surface area is 133 Å². The van der Waals surface area contributed by atoms with Crippen molar-refractivity contribution >= 4 is 31.7 Å². The zero-order valence-electron chi connectivity index (χ0n) is 11.9. The van der Waals surface area contributed by atoms with Crippen LogP contribution in [0.2, 0.25) is 0 Å². The van der Waals surface area contributed by atoms with Gasteiger partial charge in [-0.2, -0.15) is 0 Å². The molecule has 1 aliphatic rings. The van der Waals surface area contributed by atoms with Gasteiger partial charge in [0, 0.05) is 30.1 Å². The van der Waals surface area contributed by atoms with Crippen LogP contribution in [0.25, 0.3) is 0 Å². The van der Waals surface area contributed by atoms with Crippen molar-refractivity contribution < 1.29 is 13.2 Å². The van der Waals surface area contributed by atoms with Gasteiger partial charge in [-0.25, -0.2) is 8.42 Å². The van der Waals surface area contributed by atoms with Crippen molar-refractivity contribution in [1.82, 2.24) is 10.2 Å². The Kier molecular flexibility index (Phi) is 5.40. The fourth-order valence-corrected chi connectivity index (χ4v) is 4.16. The van der Waals surface area contributed by atoms with Crippen LogP contribution in [0.15, 0.2) is 28.7 Å². The Morgan fingerprint density at radius 1 is 1.48 bits per heavy atom. The number of rotatable bonds is 4. The summed E-state index contributed by atoms with van der Waals surface area (Å²) < 4.78 is 25.2. The van der Waals surface area contributed by atoms with Crippen molar-refractivity contribution in [3.63, 3.8) is 0 Å². The highest BCUT2D eigenvalue weighted by atomic mass is 79.9. The summed E-state index contributed by atoms with van der Waals surface area (Å²) in [6.45, 7) is 3.81. The standard InChI is InChI=1S/C14H19BrN2O3S/c1-11-8-17(6-5-16-11)14(18)10-21(19,20)9-12-3-2-4-13(15)7-12/h2-4,7,11,16H,5-6,8-10H2,1H3/t11-/m0/s1. The Bertz CT molecular complexity index is 618. The molecule has 0 bridgehead atoms. The molecular formula is C14H19BrN2O3S. The third-order valence-electron chi connectivity index (χ3n) is 3.34. The summed E-state index contributed by atoms with van der Waals surface area (Å²) in [4.78, 5) is 13.8. The molecule has 0 aromatic heterocycles. The first-order valence-corrected chi connectivity index (χ1v) is 9.43. The van der Waals surface area contributed by atoms with Crippen molar-refractivity contribution in [2.45, 2.75) is 18.7 Å². The summed E-state index contributed by atoms with van der Waals surface area (Å²) in [5, 5.41) is 3.23. The first-order valence-electron chi connectivity index (χ1n) is 6.82. The maximum absolute atomic E-state index is 12.2. The maximum atomic E-state index is 12.2. The van der Waals surface area contributed by atoms with E-state index in [-0.39, 0.29) is 17.7 Å². The van der Waals surface area contributed by atoms with Gasteiger partial charge in [0.1, 0.15) is 5.75 Å². The molecule has 1 aliphatic heterocycles. The molecule has 5 nitrogen and oxygen atoms in total. The van der Waals surface area contributed by atoms with Crippen molar-refractivity contribution in [3.8, 4) is 0 Å². The lowest BCUT2D eigenvalue weighted by Gasteiger charge is -2.31. The zero-order chi connectivity index (χ0) is 15.5. The molecule has 1 saturated heterocycles. The van der Waals surface area contributed by atoms with Crippen LogP contribution in [-0.4, -0.2) is 50.7 Å². The summed E-state index contributed by atoms with van der Waals surface area (Å²) in [5.74, 6) is -0.843. The third kappa shape index (κ3) is 5.09. The lowest BCUT2D eigenvalue weighted by molar-refractivity contribution is -0.129. The van der Waals surface area contributed by atoms with Gasteiger partial charge >= 0.3 is 0 Å². The Hall–Kier alpha value is -0.920. The molecule has 7 heteroatoms. The molecule has 1 atom stereocenters. The minimum Gasteiger partial charge on any atom is -0.339 e. The van der Waals surface area contributed by atoms with E-state index in [2.05, 4.69) is 21.2 Å². The maximum Gasteiger partial charge on any atom is 0.237 e. The van der Waals surface area contributed by atoms with Gasteiger partial charge in [-0.05, 0) is 24.6 Å². The lowest BCUT2D eigenvalue weighted by atomic mass is 10.2. The molecule has 1 heterocycles. The number of sulfone groups is 1. The number of hydrogen-bond donors (Lipinski definition) is 1. The number of nitrogens with one attached hydrogen (secondary N) is 1. The number of halogens is 1. The lowest BCUT2D eigenvalue weighted by Crippen LogP contribution is -2.52. The average Bonchev–Trinajstić information content (AvgIpc) is 2.37. The number of nitrogens with zero attached hydrogens (tertiary/aromatic N) is 1. The predicted molar refractivity (Wildman–Crippen MR) is 85.7 cm³/mol. The van der Waals surface area contributed by atoms with E-state index in [1.54, 1.807) is 23.1 Å². The predicted octanol–water partition coefficient (Wildman–Crippen LogP) is 1.18. The van der Waals surface area contributed by atoms with Crippen LogP contribution in [0.5, 0.6) is 0 Å². The highest BCUT2D eigenvalue weighted by molar-refractivity contribution is 9.10. The second kappa shape index (κ2) is 6.89. The van der Waals surface area contributed by atoms with Gasteiger partial charge < -0.3 is 10.2 Å². The Morgan fingerprint density at radius 2 is 2.24 bits per heavy atom. The van der Waals surface area contributed by atoms with Crippen molar-refractivity contribution in [2.75, 3.05) is 25.4 Å². The minimum absolute atomic E-state index is 0.111. The Balaban J connectivity index is 1.98. The average molecular weight is 375 g/mol. The van der Waals surface area contributed by atoms with Crippen molar-refractivity contribution in [1.29, 1.82) is 0 Å². The van der Waals surface area contributed by atoms with Gasteiger partial charge in [-0.1, -0.05) is 28.1 Å². The fourth-order valence-electron chi connectivity index (χ4n) is 2.37. The van der Waals surface area contributed by atoms with Gasteiger partial charge in [0.05, 0.1) is 5.75 Å². The number of hydrogen-bond acceptors (Lipinski definition) is 4. The molecule has 1 aromatic rings. The second-order valence-corrected chi connectivity index (χ2v) is 8.34. The number of piperazine rings is 1. The van der Waals surface area contributed by atoms with Crippen LogP contribution in [0.1, 0.15) is 12.5 Å². The molecule has 2 rings (SSSR count). The van der Waals surface area contributed by atoms with Crippen LogP contribution in [-0.2, 0) is 20.4 Å². The summed E-state index contributed by atoms with van der Waals surface area (Å²) in [6.07, 6.45) is 0. The van der Waals surface area contributed by atoms with Crippen LogP contribution < -0.4 is 5.32 Å². The van der Waals surface area contributed by atoms with E-state index in [0.717, 1.165) is 4.47 Å². The third-order valence-corrected chi connectivity index (χ3v) is 5.29. The minimum atomic E-state index is -3.45. The van der Waals surface area contributed by atoms with Crippen LogP contribution >= 0.6 is 15.9 Å². The summed E-state index contributed by atoms with van der Waals surface area (Å²) in [5.41, 5.74) is 0.686. The largest absolute Gasteiger partial charge is 0.339 e. The molecule has 0 spiro atoms. The molecule has 1 N–H and O–H groups in total. The molecule has 1 fully saturated rings. The van der Waals surface area contributed by atoms with E-state index in [9.17, 15) is 13.2 Å². The van der Waals surface area contributed by atoms with E-state index in [0.29, 0.717) is 25.2 Å². The summed E-state index contributed by atoms with van der Waals surface area (Å²) >= 11 is 3.31. The normalized spacial score (nSPS) is 19.5. The van der Waals surface area contributed by atoms with Crippen molar-refractivity contribution in [3.05, 3.63) is 34.3 Å². The van der Waals surface area contributed by atoms with Gasteiger partial charge in [-0.15, -0.1) is 0 Å². The quantitative estimate of drug-likeness (QED) is 0.859. The molecule has 0 unspecified atom stereocenters. The van der Waals surface area contributed by atoms with E-state index in [4.69, 9.17) is 0 Å².